The molecule has 0 radical (unpaired) electrons. The van der Waals surface area contributed by atoms with E-state index >= 15 is 0 Å². The predicted octanol–water partition coefficient (Wildman–Crippen LogP) is 2.83. The van der Waals surface area contributed by atoms with Crippen molar-refractivity contribution in [3.8, 4) is 0 Å². The summed E-state index contributed by atoms with van der Waals surface area (Å²) < 4.78 is 16.5. The number of rotatable bonds is 4. The Morgan fingerprint density at radius 3 is 2.74 bits per heavy atom. The number of aromatic nitrogens is 5. The molecule has 0 unspecified atom stereocenters. The number of hydrogen-bond acceptors (Lipinski definition) is 5. The number of anilines is 2. The molecule has 0 bridgehead atoms. The molecule has 0 aliphatic carbocycles. The van der Waals surface area contributed by atoms with Crippen molar-refractivity contribution in [2.75, 3.05) is 5.32 Å². The summed E-state index contributed by atoms with van der Waals surface area (Å²) in [7, 11) is 0. The SMILES string of the molecule is Cc1ccc(Nc2cc(C)n3c(=O)n(Cc4ccccn4)nc3n2)cc1F. The van der Waals surface area contributed by atoms with E-state index in [2.05, 4.69) is 20.4 Å². The van der Waals surface area contributed by atoms with E-state index in [4.69, 9.17) is 0 Å². The van der Waals surface area contributed by atoms with Gasteiger partial charge in [-0.05, 0) is 43.7 Å². The van der Waals surface area contributed by atoms with Crippen LogP contribution in [0.25, 0.3) is 5.78 Å². The van der Waals surface area contributed by atoms with Gasteiger partial charge in [0.15, 0.2) is 0 Å². The first kappa shape index (κ1) is 16.9. The maximum absolute atomic E-state index is 13.8. The lowest BCUT2D eigenvalue weighted by Crippen LogP contribution is -2.23. The number of benzene rings is 1. The summed E-state index contributed by atoms with van der Waals surface area (Å²) in [6, 6.07) is 12.1. The zero-order chi connectivity index (χ0) is 19.0. The van der Waals surface area contributed by atoms with Crippen LogP contribution in [0.4, 0.5) is 15.9 Å². The summed E-state index contributed by atoms with van der Waals surface area (Å²) in [4.78, 5) is 21.2. The van der Waals surface area contributed by atoms with Gasteiger partial charge in [0.05, 0.1) is 12.2 Å². The van der Waals surface area contributed by atoms with Crippen LogP contribution in [0, 0.1) is 19.7 Å². The van der Waals surface area contributed by atoms with Crippen LogP contribution in [-0.2, 0) is 6.54 Å². The fraction of sp³-hybridized carbons (Fsp3) is 0.158. The van der Waals surface area contributed by atoms with Crippen LogP contribution in [0.2, 0.25) is 0 Å². The van der Waals surface area contributed by atoms with Gasteiger partial charge in [0.25, 0.3) is 5.78 Å². The van der Waals surface area contributed by atoms with Gasteiger partial charge in [-0.2, -0.15) is 4.98 Å². The number of fused-ring (bicyclic) bond motifs is 1. The Kier molecular flexibility index (Phi) is 4.15. The van der Waals surface area contributed by atoms with E-state index in [0.717, 1.165) is 5.69 Å². The molecule has 0 fully saturated rings. The Balaban J connectivity index is 1.70. The van der Waals surface area contributed by atoms with Gasteiger partial charge in [-0.3, -0.25) is 4.98 Å². The predicted molar refractivity (Wildman–Crippen MR) is 99.7 cm³/mol. The Morgan fingerprint density at radius 1 is 1.15 bits per heavy atom. The largest absolute Gasteiger partial charge is 0.352 e. The molecular weight excluding hydrogens is 347 g/mol. The molecule has 0 spiro atoms. The molecule has 0 atom stereocenters. The molecule has 0 aliphatic rings. The van der Waals surface area contributed by atoms with Gasteiger partial charge in [0, 0.05) is 23.6 Å². The zero-order valence-corrected chi connectivity index (χ0v) is 14.8. The maximum atomic E-state index is 13.8. The van der Waals surface area contributed by atoms with E-state index in [0.29, 0.717) is 22.8 Å². The minimum atomic E-state index is -0.298. The topological polar surface area (TPSA) is 77.1 Å². The lowest BCUT2D eigenvalue weighted by Gasteiger charge is -2.08. The van der Waals surface area contributed by atoms with Crippen molar-refractivity contribution in [1.29, 1.82) is 0 Å². The molecule has 4 rings (SSSR count). The molecule has 1 N–H and O–H groups in total. The molecule has 7 nitrogen and oxygen atoms in total. The second-order valence-corrected chi connectivity index (χ2v) is 6.27. The lowest BCUT2D eigenvalue weighted by atomic mass is 10.2. The fourth-order valence-corrected chi connectivity index (χ4v) is 2.81. The summed E-state index contributed by atoms with van der Waals surface area (Å²) in [5.41, 5.74) is 2.26. The molecule has 0 amide bonds. The van der Waals surface area contributed by atoms with Crippen molar-refractivity contribution in [3.05, 3.63) is 81.9 Å². The van der Waals surface area contributed by atoms with Gasteiger partial charge in [0.2, 0.25) is 0 Å². The molecule has 0 saturated heterocycles. The van der Waals surface area contributed by atoms with E-state index in [1.807, 2.05) is 18.2 Å². The van der Waals surface area contributed by atoms with Crippen molar-refractivity contribution in [1.82, 2.24) is 24.1 Å². The monoisotopic (exact) mass is 364 g/mol. The quantitative estimate of drug-likeness (QED) is 0.603. The zero-order valence-electron chi connectivity index (χ0n) is 14.8. The maximum Gasteiger partial charge on any atom is 0.352 e. The molecule has 27 heavy (non-hydrogen) atoms. The van der Waals surface area contributed by atoms with Gasteiger partial charge in [0.1, 0.15) is 11.6 Å². The second-order valence-electron chi connectivity index (χ2n) is 6.27. The van der Waals surface area contributed by atoms with Crippen LogP contribution in [-0.4, -0.2) is 24.1 Å². The summed E-state index contributed by atoms with van der Waals surface area (Å²) in [5, 5.41) is 7.36. The van der Waals surface area contributed by atoms with Gasteiger partial charge in [-0.15, -0.1) is 5.10 Å². The van der Waals surface area contributed by atoms with Crippen LogP contribution in [0.15, 0.2) is 53.5 Å². The Hall–Kier alpha value is -3.55. The third-order valence-electron chi connectivity index (χ3n) is 4.22. The standard InChI is InChI=1S/C19H17FN6O/c1-12-6-7-14(10-16(12)20)22-17-9-13(2)26-18(23-17)24-25(19(26)27)11-15-5-3-4-8-21-15/h3-10H,11H2,1-2H3,(H,22,23,24). The number of aryl methyl sites for hydroxylation is 2. The minimum Gasteiger partial charge on any atom is -0.340 e. The number of nitrogens with one attached hydrogen (secondary N) is 1. The van der Waals surface area contributed by atoms with Gasteiger partial charge in [-0.1, -0.05) is 12.1 Å². The molecule has 0 saturated carbocycles. The third-order valence-corrected chi connectivity index (χ3v) is 4.22. The van der Waals surface area contributed by atoms with Crippen LogP contribution >= 0.6 is 0 Å². The summed E-state index contributed by atoms with van der Waals surface area (Å²) >= 11 is 0. The van der Waals surface area contributed by atoms with Crippen molar-refractivity contribution in [2.45, 2.75) is 20.4 Å². The van der Waals surface area contributed by atoms with E-state index in [1.165, 1.54) is 15.1 Å². The molecule has 1 aromatic carbocycles. The van der Waals surface area contributed by atoms with Crippen LogP contribution < -0.4 is 11.0 Å². The molecule has 3 heterocycles. The normalized spacial score (nSPS) is 11.1. The number of pyridine rings is 1. The second kappa shape index (κ2) is 6.64. The smallest absolute Gasteiger partial charge is 0.340 e. The molecule has 0 aliphatic heterocycles. The average molecular weight is 364 g/mol. The van der Waals surface area contributed by atoms with Crippen LogP contribution in [0.3, 0.4) is 0 Å². The van der Waals surface area contributed by atoms with Crippen molar-refractivity contribution in [2.24, 2.45) is 0 Å². The van der Waals surface area contributed by atoms with Gasteiger partial charge in [-0.25, -0.2) is 18.3 Å². The van der Waals surface area contributed by atoms with Crippen LogP contribution in [0.1, 0.15) is 17.0 Å². The Bertz CT molecular complexity index is 1180. The van der Waals surface area contributed by atoms with E-state index in [9.17, 15) is 9.18 Å². The number of hydrogen-bond donors (Lipinski definition) is 1. The minimum absolute atomic E-state index is 0.258. The van der Waals surface area contributed by atoms with Crippen molar-refractivity contribution in [3.63, 3.8) is 0 Å². The first-order valence-corrected chi connectivity index (χ1v) is 8.41. The van der Waals surface area contributed by atoms with Gasteiger partial charge < -0.3 is 5.32 Å². The molecule has 8 heteroatoms. The molecule has 136 valence electrons. The first-order valence-electron chi connectivity index (χ1n) is 8.41. The summed E-state index contributed by atoms with van der Waals surface area (Å²) in [6.07, 6.45) is 1.67. The summed E-state index contributed by atoms with van der Waals surface area (Å²) in [5.74, 6) is 0.456. The molecule has 4 aromatic rings. The van der Waals surface area contributed by atoms with E-state index in [-0.39, 0.29) is 23.8 Å². The molecular formula is C19H17FN6O. The summed E-state index contributed by atoms with van der Waals surface area (Å²) in [6.45, 7) is 3.76. The van der Waals surface area contributed by atoms with Crippen molar-refractivity contribution >= 4 is 17.3 Å². The van der Waals surface area contributed by atoms with Crippen LogP contribution in [0.5, 0.6) is 0 Å². The molecule has 3 aromatic heterocycles. The highest BCUT2D eigenvalue weighted by atomic mass is 19.1. The third kappa shape index (κ3) is 3.29. The lowest BCUT2D eigenvalue weighted by molar-refractivity contribution is 0.619. The Morgan fingerprint density at radius 2 is 2.00 bits per heavy atom. The fourth-order valence-electron chi connectivity index (χ4n) is 2.81. The van der Waals surface area contributed by atoms with E-state index < -0.39 is 0 Å². The average Bonchev–Trinajstić information content (AvgIpc) is 2.95. The van der Waals surface area contributed by atoms with Gasteiger partial charge >= 0.3 is 5.69 Å². The van der Waals surface area contributed by atoms with E-state index in [1.54, 1.807) is 38.2 Å². The highest BCUT2D eigenvalue weighted by molar-refractivity contribution is 5.58. The highest BCUT2D eigenvalue weighted by Crippen LogP contribution is 2.19. The Labute approximate surface area is 154 Å². The highest BCUT2D eigenvalue weighted by Gasteiger charge is 2.13. The van der Waals surface area contributed by atoms with Crippen molar-refractivity contribution < 1.29 is 4.39 Å². The number of nitrogens with zero attached hydrogens (tertiary/aromatic N) is 5. The number of halogens is 1. The first-order chi connectivity index (χ1) is 13.0.